The van der Waals surface area contributed by atoms with E-state index in [1.54, 1.807) is 0 Å². The van der Waals surface area contributed by atoms with Gasteiger partial charge in [-0.15, -0.1) is 0 Å². The van der Waals surface area contributed by atoms with Crippen LogP contribution >= 0.6 is 0 Å². The van der Waals surface area contributed by atoms with Crippen LogP contribution in [0.5, 0.6) is 0 Å². The second kappa shape index (κ2) is 4.11. The molecule has 3 aliphatic carbocycles. The first-order valence-electron chi connectivity index (χ1n) is 7.34. The molecule has 3 fully saturated rings. The lowest BCUT2D eigenvalue weighted by Crippen LogP contribution is -2.23. The Bertz CT molecular complexity index is 361. The van der Waals surface area contributed by atoms with Crippen LogP contribution in [0.25, 0.3) is 0 Å². The van der Waals surface area contributed by atoms with E-state index >= 15 is 0 Å². The Hall–Kier alpha value is -0.790. The lowest BCUT2D eigenvalue weighted by Gasteiger charge is -2.18. The minimum Gasteiger partial charge on any atom is -0.460 e. The fourth-order valence-corrected chi connectivity index (χ4v) is 4.36. The zero-order chi connectivity index (χ0) is 12.9. The monoisotopic (exact) mass is 248 g/mol. The highest BCUT2D eigenvalue weighted by atomic mass is 16.6. The molecule has 100 valence electrons. The van der Waals surface area contributed by atoms with E-state index < -0.39 is 0 Å². The number of esters is 1. The largest absolute Gasteiger partial charge is 0.460 e. The maximum atomic E-state index is 11.6. The van der Waals surface area contributed by atoms with E-state index in [1.807, 2.05) is 26.8 Å². The molecule has 0 aromatic rings. The van der Waals surface area contributed by atoms with Crippen molar-refractivity contribution in [3.05, 3.63) is 12.2 Å². The van der Waals surface area contributed by atoms with E-state index in [-0.39, 0.29) is 11.6 Å². The molecular formula is C16H24O2. The number of carbonyl (C=O) groups is 1. The molecule has 0 N–H and O–H groups in total. The van der Waals surface area contributed by atoms with E-state index in [9.17, 15) is 4.79 Å². The quantitative estimate of drug-likeness (QED) is 0.564. The third kappa shape index (κ3) is 2.22. The van der Waals surface area contributed by atoms with E-state index in [2.05, 4.69) is 6.08 Å². The van der Waals surface area contributed by atoms with Gasteiger partial charge in [-0.25, -0.2) is 0 Å². The van der Waals surface area contributed by atoms with Crippen LogP contribution in [0, 0.1) is 29.6 Å². The van der Waals surface area contributed by atoms with Crippen LogP contribution in [-0.2, 0) is 9.53 Å². The fraction of sp³-hybridized carbons (Fsp3) is 0.812. The van der Waals surface area contributed by atoms with Crippen LogP contribution in [0.4, 0.5) is 0 Å². The number of allylic oxidation sites excluding steroid dienone is 1. The van der Waals surface area contributed by atoms with Gasteiger partial charge in [0.15, 0.2) is 0 Å². The Morgan fingerprint density at radius 2 is 1.83 bits per heavy atom. The van der Waals surface area contributed by atoms with Crippen molar-refractivity contribution in [2.75, 3.05) is 0 Å². The van der Waals surface area contributed by atoms with Gasteiger partial charge >= 0.3 is 5.97 Å². The van der Waals surface area contributed by atoms with E-state index in [0.29, 0.717) is 6.42 Å². The van der Waals surface area contributed by atoms with Crippen LogP contribution in [0.1, 0.15) is 46.5 Å². The Balaban J connectivity index is 1.45. The molecule has 3 rings (SSSR count). The van der Waals surface area contributed by atoms with Crippen molar-refractivity contribution in [2.45, 2.75) is 52.1 Å². The van der Waals surface area contributed by atoms with Crippen LogP contribution in [-0.4, -0.2) is 11.6 Å². The molecule has 2 bridgehead atoms. The summed E-state index contributed by atoms with van der Waals surface area (Å²) in [5, 5.41) is 0. The summed E-state index contributed by atoms with van der Waals surface area (Å²) in [5.41, 5.74) is -0.361. The van der Waals surface area contributed by atoms with E-state index in [4.69, 9.17) is 4.74 Å². The molecular weight excluding hydrogens is 224 g/mol. The number of rotatable bonds is 3. The fourth-order valence-electron chi connectivity index (χ4n) is 4.36. The molecule has 5 atom stereocenters. The van der Waals surface area contributed by atoms with Crippen molar-refractivity contribution in [3.63, 3.8) is 0 Å². The van der Waals surface area contributed by atoms with Crippen LogP contribution in [0.3, 0.4) is 0 Å². The summed E-state index contributed by atoms with van der Waals surface area (Å²) < 4.78 is 5.30. The zero-order valence-corrected chi connectivity index (χ0v) is 11.7. The van der Waals surface area contributed by atoms with Crippen molar-refractivity contribution < 1.29 is 9.53 Å². The summed E-state index contributed by atoms with van der Waals surface area (Å²) in [7, 11) is 0. The molecule has 2 heteroatoms. The van der Waals surface area contributed by atoms with Gasteiger partial charge in [0.1, 0.15) is 5.60 Å². The molecule has 0 aliphatic heterocycles. The first-order valence-corrected chi connectivity index (χ1v) is 7.34. The van der Waals surface area contributed by atoms with Crippen LogP contribution in [0.2, 0.25) is 0 Å². The third-order valence-electron chi connectivity index (χ3n) is 4.86. The van der Waals surface area contributed by atoms with Gasteiger partial charge in [0.25, 0.3) is 0 Å². The molecule has 0 heterocycles. The number of hydrogen-bond acceptors (Lipinski definition) is 2. The highest BCUT2D eigenvalue weighted by Crippen LogP contribution is 2.69. The molecule has 0 spiro atoms. The third-order valence-corrected chi connectivity index (χ3v) is 4.86. The van der Waals surface area contributed by atoms with E-state index in [0.717, 1.165) is 29.6 Å². The van der Waals surface area contributed by atoms with Gasteiger partial charge in [-0.3, -0.25) is 4.79 Å². The van der Waals surface area contributed by atoms with Crippen molar-refractivity contribution in [2.24, 2.45) is 29.6 Å². The predicted octanol–water partition coefficient (Wildman–Crippen LogP) is 3.57. The topological polar surface area (TPSA) is 26.3 Å². The zero-order valence-electron chi connectivity index (χ0n) is 11.7. The molecule has 2 nitrogen and oxygen atoms in total. The second-order valence-electron chi connectivity index (χ2n) is 7.28. The average Bonchev–Trinajstić information content (AvgIpc) is 2.66. The molecule has 0 amide bonds. The molecule has 0 aromatic carbocycles. The smallest absolute Gasteiger partial charge is 0.310 e. The molecule has 3 aliphatic rings. The van der Waals surface area contributed by atoms with Crippen molar-refractivity contribution >= 4 is 5.97 Å². The van der Waals surface area contributed by atoms with Gasteiger partial charge in [-0.2, -0.15) is 0 Å². The molecule has 0 aromatic heterocycles. The number of hydrogen-bond donors (Lipinski definition) is 0. The lowest BCUT2D eigenvalue weighted by atomic mass is 10.0. The second-order valence-corrected chi connectivity index (χ2v) is 7.28. The van der Waals surface area contributed by atoms with Gasteiger partial charge in [-0.05, 0) is 69.6 Å². The SMILES string of the molecule is CC(C)(C)OC(=O)C/C=C\C1C2C1[C@H]1CC[C@@H]2C1. The summed E-state index contributed by atoms with van der Waals surface area (Å²) in [4.78, 5) is 11.6. The maximum Gasteiger partial charge on any atom is 0.310 e. The van der Waals surface area contributed by atoms with Crippen molar-refractivity contribution in [1.29, 1.82) is 0 Å². The summed E-state index contributed by atoms with van der Waals surface area (Å²) in [5.74, 6) is 4.65. The van der Waals surface area contributed by atoms with Crippen molar-refractivity contribution in [3.8, 4) is 0 Å². The Morgan fingerprint density at radius 1 is 1.22 bits per heavy atom. The Morgan fingerprint density at radius 3 is 2.39 bits per heavy atom. The molecule has 3 saturated carbocycles. The van der Waals surface area contributed by atoms with Gasteiger partial charge in [-0.1, -0.05) is 12.2 Å². The van der Waals surface area contributed by atoms with Crippen LogP contribution in [0.15, 0.2) is 12.2 Å². The van der Waals surface area contributed by atoms with Gasteiger partial charge in [0, 0.05) is 0 Å². The highest BCUT2D eigenvalue weighted by molar-refractivity contribution is 5.71. The normalized spacial score (nSPS) is 41.2. The highest BCUT2D eigenvalue weighted by Gasteiger charge is 2.63. The standard InChI is InChI=1S/C16H24O2/c1-16(2,3)18-13(17)6-4-5-12-14-10-7-8-11(9-10)15(12)14/h4-5,10-12,14-15H,6-9H2,1-3H3/b5-4-/t10-,11+,12?,14?,15?. The molecule has 3 unspecified atom stereocenters. The first-order chi connectivity index (χ1) is 8.46. The van der Waals surface area contributed by atoms with Gasteiger partial charge < -0.3 is 4.74 Å². The minimum atomic E-state index is -0.361. The number of fused-ring (bicyclic) bond motifs is 5. The first kappa shape index (κ1) is 12.3. The predicted molar refractivity (Wildman–Crippen MR) is 70.9 cm³/mol. The lowest BCUT2D eigenvalue weighted by molar-refractivity contribution is -0.153. The summed E-state index contributed by atoms with van der Waals surface area (Å²) >= 11 is 0. The molecule has 0 saturated heterocycles. The Labute approximate surface area is 110 Å². The maximum absolute atomic E-state index is 11.6. The Kier molecular flexibility index (Phi) is 2.80. The molecule has 18 heavy (non-hydrogen) atoms. The van der Waals surface area contributed by atoms with E-state index in [1.165, 1.54) is 19.3 Å². The summed E-state index contributed by atoms with van der Waals surface area (Å²) in [6.07, 6.45) is 9.18. The number of carbonyl (C=O) groups excluding carboxylic acids is 1. The van der Waals surface area contributed by atoms with Gasteiger partial charge in [0.2, 0.25) is 0 Å². The average molecular weight is 248 g/mol. The van der Waals surface area contributed by atoms with Gasteiger partial charge in [0.05, 0.1) is 6.42 Å². The minimum absolute atomic E-state index is 0.104. The van der Waals surface area contributed by atoms with Crippen molar-refractivity contribution in [1.82, 2.24) is 0 Å². The summed E-state index contributed by atoms with van der Waals surface area (Å²) in [6.45, 7) is 5.74. The molecule has 0 radical (unpaired) electrons. The van der Waals surface area contributed by atoms with Crippen LogP contribution < -0.4 is 0 Å². The summed E-state index contributed by atoms with van der Waals surface area (Å²) in [6, 6.07) is 0. The number of ether oxygens (including phenoxy) is 1.